The van der Waals surface area contributed by atoms with E-state index in [-0.39, 0.29) is 17.3 Å². The van der Waals surface area contributed by atoms with E-state index in [2.05, 4.69) is 15.0 Å². The molecule has 4 rings (SSSR count). The van der Waals surface area contributed by atoms with E-state index < -0.39 is 16.8 Å². The molecule has 0 spiro atoms. The number of piperidine rings is 1. The summed E-state index contributed by atoms with van der Waals surface area (Å²) in [6.45, 7) is 0.776. The van der Waals surface area contributed by atoms with Crippen molar-refractivity contribution in [2.45, 2.75) is 12.8 Å². The molecule has 138 valence electrons. The molecular weight excluding hydrogens is 352 g/mol. The minimum atomic E-state index is -0.836. The molecule has 0 bridgehead atoms. The van der Waals surface area contributed by atoms with Gasteiger partial charge < -0.3 is 10.0 Å². The van der Waals surface area contributed by atoms with Gasteiger partial charge in [0.2, 0.25) is 11.6 Å². The van der Waals surface area contributed by atoms with Gasteiger partial charge in [0.15, 0.2) is 0 Å². The Morgan fingerprint density at radius 3 is 2.56 bits per heavy atom. The van der Waals surface area contributed by atoms with Crippen molar-refractivity contribution in [2.24, 2.45) is 5.92 Å². The maximum Gasteiger partial charge on any atom is 0.354 e. The van der Waals surface area contributed by atoms with Gasteiger partial charge in [-0.2, -0.15) is 0 Å². The summed E-state index contributed by atoms with van der Waals surface area (Å²) in [6.07, 6.45) is 3.62. The first kappa shape index (κ1) is 16.9. The van der Waals surface area contributed by atoms with Gasteiger partial charge >= 0.3 is 11.7 Å². The van der Waals surface area contributed by atoms with Crippen molar-refractivity contribution in [3.05, 3.63) is 47.0 Å². The fourth-order valence-electron chi connectivity index (χ4n) is 3.40. The van der Waals surface area contributed by atoms with Crippen LogP contribution >= 0.6 is 0 Å². The van der Waals surface area contributed by atoms with Gasteiger partial charge in [0, 0.05) is 13.1 Å². The van der Waals surface area contributed by atoms with Gasteiger partial charge in [-0.15, -0.1) is 0 Å². The Morgan fingerprint density at radius 1 is 1.15 bits per heavy atom. The highest BCUT2D eigenvalue weighted by molar-refractivity contribution is 5.79. The highest BCUT2D eigenvalue weighted by atomic mass is 16.6. The van der Waals surface area contributed by atoms with E-state index >= 15 is 0 Å². The number of anilines is 1. The summed E-state index contributed by atoms with van der Waals surface area (Å²) in [4.78, 5) is 36.8. The zero-order valence-electron chi connectivity index (χ0n) is 14.2. The van der Waals surface area contributed by atoms with E-state index in [0.29, 0.717) is 37.0 Å². The van der Waals surface area contributed by atoms with Crippen LogP contribution in [0.15, 0.2) is 36.9 Å². The van der Waals surface area contributed by atoms with Crippen molar-refractivity contribution in [1.82, 2.24) is 19.5 Å². The molecule has 1 N–H and O–H groups in total. The van der Waals surface area contributed by atoms with Gasteiger partial charge in [0.25, 0.3) is 0 Å². The lowest BCUT2D eigenvalue weighted by Crippen LogP contribution is -2.37. The first-order valence-corrected chi connectivity index (χ1v) is 8.46. The zero-order chi connectivity index (χ0) is 19.0. The standard InChI is InChI=1S/C17H16N6O4/c24-17(25)11-5-7-21(8-6-11)15-14(23(26)27)16(19-9-18-15)22-10-20-12-3-1-2-4-13(12)22/h1-4,9-11H,5-8H2,(H,24,25). The Hall–Kier alpha value is -3.56. The molecule has 0 unspecified atom stereocenters. The number of nitrogens with zero attached hydrogens (tertiary/aromatic N) is 6. The van der Waals surface area contributed by atoms with Gasteiger partial charge in [-0.25, -0.2) is 15.0 Å². The van der Waals surface area contributed by atoms with E-state index in [4.69, 9.17) is 5.11 Å². The van der Waals surface area contributed by atoms with Gasteiger partial charge in [-0.1, -0.05) is 12.1 Å². The minimum Gasteiger partial charge on any atom is -0.481 e. The van der Waals surface area contributed by atoms with Crippen molar-refractivity contribution in [2.75, 3.05) is 18.0 Å². The quantitative estimate of drug-likeness (QED) is 0.547. The SMILES string of the molecule is O=C(O)C1CCN(c2ncnc(-n3cnc4ccccc43)c2[N+](=O)[O-])CC1. The third kappa shape index (κ3) is 2.94. The molecule has 3 heterocycles. The topological polar surface area (TPSA) is 127 Å². The van der Waals surface area contributed by atoms with Gasteiger partial charge in [0.05, 0.1) is 21.9 Å². The van der Waals surface area contributed by atoms with Crippen LogP contribution in [-0.4, -0.2) is 48.6 Å². The molecule has 1 aromatic carbocycles. The second-order valence-corrected chi connectivity index (χ2v) is 6.33. The van der Waals surface area contributed by atoms with Crippen molar-refractivity contribution >= 4 is 28.5 Å². The number of para-hydroxylation sites is 2. The summed E-state index contributed by atoms with van der Waals surface area (Å²) < 4.78 is 1.57. The Bertz CT molecular complexity index is 1030. The number of hydrogen-bond acceptors (Lipinski definition) is 7. The molecule has 2 aromatic heterocycles. The molecule has 1 saturated heterocycles. The summed E-state index contributed by atoms with van der Waals surface area (Å²) in [6, 6.07) is 7.29. The first-order chi connectivity index (χ1) is 13.1. The molecule has 1 aliphatic heterocycles. The first-order valence-electron chi connectivity index (χ1n) is 8.46. The molecule has 3 aromatic rings. The van der Waals surface area contributed by atoms with Crippen LogP contribution in [0.25, 0.3) is 16.9 Å². The highest BCUT2D eigenvalue weighted by Gasteiger charge is 2.32. The molecule has 0 aliphatic carbocycles. The molecule has 1 fully saturated rings. The van der Waals surface area contributed by atoms with Crippen LogP contribution in [0.5, 0.6) is 0 Å². The molecule has 1 aliphatic rings. The maximum absolute atomic E-state index is 11.9. The molecule has 0 radical (unpaired) electrons. The van der Waals surface area contributed by atoms with Crippen LogP contribution in [0.3, 0.4) is 0 Å². The third-order valence-electron chi connectivity index (χ3n) is 4.79. The van der Waals surface area contributed by atoms with Crippen LogP contribution in [0, 0.1) is 16.0 Å². The lowest BCUT2D eigenvalue weighted by atomic mass is 9.97. The number of hydrogen-bond donors (Lipinski definition) is 1. The number of rotatable bonds is 4. The van der Waals surface area contributed by atoms with Crippen LogP contribution in [0.1, 0.15) is 12.8 Å². The van der Waals surface area contributed by atoms with E-state index in [1.165, 1.54) is 12.7 Å². The minimum absolute atomic E-state index is 0.138. The Morgan fingerprint density at radius 2 is 1.85 bits per heavy atom. The number of imidazole rings is 1. The Labute approximate surface area is 153 Å². The predicted octanol–water partition coefficient (Wildman–Crippen LogP) is 2.02. The zero-order valence-corrected chi connectivity index (χ0v) is 14.2. The van der Waals surface area contributed by atoms with Gasteiger partial charge in [0.1, 0.15) is 12.7 Å². The second-order valence-electron chi connectivity index (χ2n) is 6.33. The average Bonchev–Trinajstić information content (AvgIpc) is 3.11. The highest BCUT2D eigenvalue weighted by Crippen LogP contribution is 2.34. The van der Waals surface area contributed by atoms with E-state index in [9.17, 15) is 14.9 Å². The molecular formula is C17H16N6O4. The smallest absolute Gasteiger partial charge is 0.354 e. The second kappa shape index (κ2) is 6.63. The number of nitro groups is 1. The summed E-state index contributed by atoms with van der Waals surface area (Å²) in [7, 11) is 0. The van der Waals surface area contributed by atoms with Crippen molar-refractivity contribution in [3.63, 3.8) is 0 Å². The summed E-state index contributed by atoms with van der Waals surface area (Å²) in [5.74, 6) is -0.928. The lowest BCUT2D eigenvalue weighted by molar-refractivity contribution is -0.384. The third-order valence-corrected chi connectivity index (χ3v) is 4.79. The number of fused-ring (bicyclic) bond motifs is 1. The van der Waals surface area contributed by atoms with Crippen molar-refractivity contribution in [1.29, 1.82) is 0 Å². The fourth-order valence-corrected chi connectivity index (χ4v) is 3.40. The molecule has 0 amide bonds. The number of carboxylic acids is 1. The summed E-state index contributed by atoms with van der Waals surface area (Å²) in [5, 5.41) is 21.0. The molecule has 10 nitrogen and oxygen atoms in total. The van der Waals surface area contributed by atoms with Crippen molar-refractivity contribution in [3.8, 4) is 5.82 Å². The van der Waals surface area contributed by atoms with Gasteiger partial charge in [-0.05, 0) is 25.0 Å². The normalized spacial score (nSPS) is 15.2. The maximum atomic E-state index is 11.9. The fraction of sp³-hybridized carbons (Fsp3) is 0.294. The van der Waals surface area contributed by atoms with Crippen LogP contribution < -0.4 is 4.90 Å². The summed E-state index contributed by atoms with van der Waals surface area (Å²) in [5.41, 5.74) is 1.19. The van der Waals surface area contributed by atoms with Gasteiger partial charge in [-0.3, -0.25) is 19.5 Å². The molecule has 0 atom stereocenters. The van der Waals surface area contributed by atoms with Crippen LogP contribution in [0.4, 0.5) is 11.5 Å². The lowest BCUT2D eigenvalue weighted by Gasteiger charge is -2.30. The molecule has 27 heavy (non-hydrogen) atoms. The van der Waals surface area contributed by atoms with E-state index in [1.807, 2.05) is 24.3 Å². The number of benzene rings is 1. The van der Waals surface area contributed by atoms with E-state index in [1.54, 1.807) is 9.47 Å². The van der Waals surface area contributed by atoms with Crippen LogP contribution in [-0.2, 0) is 4.79 Å². The number of aliphatic carboxylic acids is 1. The van der Waals surface area contributed by atoms with Crippen molar-refractivity contribution < 1.29 is 14.8 Å². The Balaban J connectivity index is 1.78. The summed E-state index contributed by atoms with van der Waals surface area (Å²) >= 11 is 0. The predicted molar refractivity (Wildman–Crippen MR) is 95.9 cm³/mol. The largest absolute Gasteiger partial charge is 0.481 e. The Kier molecular flexibility index (Phi) is 4.15. The molecule has 10 heteroatoms. The monoisotopic (exact) mass is 368 g/mol. The molecule has 0 saturated carbocycles. The number of carboxylic acid groups (broad SMARTS) is 1. The van der Waals surface area contributed by atoms with Crippen LogP contribution in [0.2, 0.25) is 0 Å². The van der Waals surface area contributed by atoms with E-state index in [0.717, 1.165) is 0 Å². The average molecular weight is 368 g/mol. The number of carbonyl (C=O) groups is 1. The number of aromatic nitrogens is 4.